The first-order valence-corrected chi connectivity index (χ1v) is 10.4. The summed E-state index contributed by atoms with van der Waals surface area (Å²) < 4.78 is 17.6. The summed E-state index contributed by atoms with van der Waals surface area (Å²) in [7, 11) is 5.04. The lowest BCUT2D eigenvalue weighted by atomic mass is 9.98. The van der Waals surface area contributed by atoms with Crippen LogP contribution in [0.2, 0.25) is 0 Å². The van der Waals surface area contributed by atoms with Gasteiger partial charge in [-0.15, -0.1) is 24.0 Å². The van der Waals surface area contributed by atoms with E-state index in [0.29, 0.717) is 24.1 Å². The van der Waals surface area contributed by atoms with Gasteiger partial charge in [-0.1, -0.05) is 19.3 Å². The van der Waals surface area contributed by atoms with Crippen LogP contribution in [0.25, 0.3) is 0 Å². The summed E-state index contributed by atoms with van der Waals surface area (Å²) in [6, 6.07) is 3.97. The molecule has 0 spiro atoms. The van der Waals surface area contributed by atoms with Gasteiger partial charge in [-0.25, -0.2) is 0 Å². The monoisotopic (exact) mass is 569 g/mol. The van der Waals surface area contributed by atoms with Gasteiger partial charge in [0.2, 0.25) is 0 Å². The van der Waals surface area contributed by atoms with Gasteiger partial charge in [0.25, 0.3) is 0 Å². The molecule has 6 nitrogen and oxygen atoms in total. The van der Waals surface area contributed by atoms with E-state index in [2.05, 4.69) is 31.6 Å². The number of benzene rings is 1. The van der Waals surface area contributed by atoms with Gasteiger partial charge in [0, 0.05) is 26.7 Å². The first kappa shape index (κ1) is 25.3. The number of nitrogens with one attached hydrogen (secondary N) is 2. The molecular weight excluding hydrogens is 537 g/mol. The van der Waals surface area contributed by atoms with E-state index >= 15 is 0 Å². The fraction of sp³-hybridized carbons (Fsp3) is 0.650. The number of ether oxygens (including phenoxy) is 3. The molecule has 28 heavy (non-hydrogen) atoms. The van der Waals surface area contributed by atoms with Crippen molar-refractivity contribution in [3.8, 4) is 11.5 Å². The minimum absolute atomic E-state index is 0. The molecule has 0 bridgehead atoms. The average molecular weight is 570 g/mol. The number of rotatable bonds is 9. The van der Waals surface area contributed by atoms with E-state index < -0.39 is 0 Å². The van der Waals surface area contributed by atoms with Gasteiger partial charge in [-0.05, 0) is 52.9 Å². The highest BCUT2D eigenvalue weighted by atomic mass is 127. The van der Waals surface area contributed by atoms with Gasteiger partial charge >= 0.3 is 0 Å². The molecule has 2 N–H and O–H groups in total. The van der Waals surface area contributed by atoms with Crippen LogP contribution in [-0.2, 0) is 11.3 Å². The van der Waals surface area contributed by atoms with Gasteiger partial charge < -0.3 is 24.8 Å². The Bertz CT molecular complexity index is 611. The van der Waals surface area contributed by atoms with Gasteiger partial charge in [-0.2, -0.15) is 0 Å². The van der Waals surface area contributed by atoms with Crippen molar-refractivity contribution in [2.75, 3.05) is 34.4 Å². The van der Waals surface area contributed by atoms with Gasteiger partial charge in [0.05, 0.1) is 24.8 Å². The molecule has 2 rings (SSSR count). The normalized spacial score (nSPS) is 14.9. The van der Waals surface area contributed by atoms with Crippen molar-refractivity contribution in [2.45, 2.75) is 51.2 Å². The zero-order valence-electron chi connectivity index (χ0n) is 17.1. The van der Waals surface area contributed by atoms with E-state index in [0.717, 1.165) is 35.6 Å². The smallest absolute Gasteiger partial charge is 0.191 e. The molecule has 0 aliphatic heterocycles. The summed E-state index contributed by atoms with van der Waals surface area (Å²) in [5.74, 6) is 2.17. The molecule has 160 valence electrons. The maximum Gasteiger partial charge on any atom is 0.191 e. The van der Waals surface area contributed by atoms with E-state index in [-0.39, 0.29) is 24.0 Å². The molecule has 0 unspecified atom stereocenters. The second kappa shape index (κ2) is 14.3. The molecule has 1 saturated carbocycles. The maximum absolute atomic E-state index is 5.96. The minimum atomic E-state index is 0. The van der Waals surface area contributed by atoms with Crippen molar-refractivity contribution >= 4 is 45.9 Å². The molecule has 0 saturated heterocycles. The van der Waals surface area contributed by atoms with Gasteiger partial charge in [0.1, 0.15) is 0 Å². The van der Waals surface area contributed by atoms with Crippen LogP contribution in [0.1, 0.15) is 44.1 Å². The van der Waals surface area contributed by atoms with Crippen molar-refractivity contribution in [2.24, 2.45) is 4.99 Å². The maximum atomic E-state index is 5.96. The number of hydrogen-bond donors (Lipinski definition) is 2. The van der Waals surface area contributed by atoms with Crippen LogP contribution in [0, 0.1) is 0 Å². The van der Waals surface area contributed by atoms with Crippen LogP contribution in [0.15, 0.2) is 21.6 Å². The summed E-state index contributed by atoms with van der Waals surface area (Å²) >= 11 is 3.52. The molecule has 1 aromatic rings. The Labute approximate surface area is 194 Å². The van der Waals surface area contributed by atoms with Crippen molar-refractivity contribution in [1.29, 1.82) is 0 Å². The molecule has 8 heteroatoms. The summed E-state index contributed by atoms with van der Waals surface area (Å²) in [4.78, 5) is 4.28. The molecule has 1 aromatic carbocycles. The molecule has 1 aliphatic carbocycles. The number of guanidine groups is 1. The second-order valence-corrected chi connectivity index (χ2v) is 7.50. The molecule has 0 aromatic heterocycles. The van der Waals surface area contributed by atoms with Crippen LogP contribution in [0.5, 0.6) is 11.5 Å². The molecule has 0 radical (unpaired) electrons. The lowest BCUT2D eigenvalue weighted by Gasteiger charge is -2.22. The number of aliphatic imine (C=N–C) groups is 1. The fourth-order valence-corrected chi connectivity index (χ4v) is 3.89. The zero-order chi connectivity index (χ0) is 19.5. The van der Waals surface area contributed by atoms with E-state index in [9.17, 15) is 0 Å². The Kier molecular flexibility index (Phi) is 12.9. The van der Waals surface area contributed by atoms with Crippen LogP contribution in [0.4, 0.5) is 0 Å². The predicted octanol–water partition coefficient (Wildman–Crippen LogP) is 4.49. The first-order valence-electron chi connectivity index (χ1n) is 9.64. The highest BCUT2D eigenvalue weighted by Gasteiger charge is 2.13. The van der Waals surface area contributed by atoms with Crippen LogP contribution >= 0.6 is 39.9 Å². The Balaban J connectivity index is 0.00000392. The Morgan fingerprint density at radius 2 is 1.89 bits per heavy atom. The molecule has 1 aliphatic rings. The number of nitrogens with zero attached hydrogens (tertiary/aromatic N) is 1. The summed E-state index contributed by atoms with van der Waals surface area (Å²) in [5, 5.41) is 6.66. The van der Waals surface area contributed by atoms with E-state index in [1.54, 1.807) is 21.3 Å². The minimum Gasteiger partial charge on any atom is -0.493 e. The van der Waals surface area contributed by atoms with Gasteiger partial charge in [-0.3, -0.25) is 4.99 Å². The molecular formula is C20H33BrIN3O3. The fourth-order valence-electron chi connectivity index (χ4n) is 3.24. The summed E-state index contributed by atoms with van der Waals surface area (Å²) in [5.41, 5.74) is 1.07. The van der Waals surface area contributed by atoms with Crippen molar-refractivity contribution in [3.05, 3.63) is 22.2 Å². The predicted molar refractivity (Wildman–Crippen MR) is 128 cm³/mol. The lowest BCUT2D eigenvalue weighted by molar-refractivity contribution is 0.0277. The average Bonchev–Trinajstić information content (AvgIpc) is 2.70. The Morgan fingerprint density at radius 1 is 1.14 bits per heavy atom. The van der Waals surface area contributed by atoms with Crippen LogP contribution in [-0.4, -0.2) is 46.5 Å². The summed E-state index contributed by atoms with van der Waals surface area (Å²) in [6.45, 7) is 2.27. The van der Waals surface area contributed by atoms with Crippen LogP contribution < -0.4 is 20.1 Å². The largest absolute Gasteiger partial charge is 0.493 e. The molecule has 0 atom stereocenters. The third-order valence-electron chi connectivity index (χ3n) is 4.70. The van der Waals surface area contributed by atoms with Gasteiger partial charge in [0.15, 0.2) is 17.5 Å². The molecule has 0 amide bonds. The second-order valence-electron chi connectivity index (χ2n) is 6.65. The zero-order valence-corrected chi connectivity index (χ0v) is 21.0. The number of halogens is 2. The SMILES string of the molecule is CN=C(NCCCOC1CCCCC1)NCc1cc(Br)c(OC)c(OC)c1.I. The van der Waals surface area contributed by atoms with Crippen molar-refractivity contribution < 1.29 is 14.2 Å². The van der Waals surface area contributed by atoms with Crippen LogP contribution in [0.3, 0.4) is 0 Å². The number of methoxy groups -OCH3 is 2. The standard InChI is InChI=1S/C20H32BrN3O3.HI/c1-22-20(23-10-7-11-27-16-8-5-4-6-9-16)24-14-15-12-17(21)19(26-3)18(13-15)25-2;/h12-13,16H,4-11,14H2,1-3H3,(H2,22,23,24);1H. The summed E-state index contributed by atoms with van der Waals surface area (Å²) in [6.07, 6.45) is 7.87. The Hall–Kier alpha value is -0.740. The highest BCUT2D eigenvalue weighted by Crippen LogP contribution is 2.36. The quantitative estimate of drug-likeness (QED) is 0.199. The van der Waals surface area contributed by atoms with Crippen molar-refractivity contribution in [1.82, 2.24) is 10.6 Å². The lowest BCUT2D eigenvalue weighted by Crippen LogP contribution is -2.37. The third-order valence-corrected chi connectivity index (χ3v) is 5.29. The number of hydrogen-bond acceptors (Lipinski definition) is 4. The van der Waals surface area contributed by atoms with E-state index in [1.807, 2.05) is 12.1 Å². The third kappa shape index (κ3) is 8.32. The molecule has 1 fully saturated rings. The topological polar surface area (TPSA) is 64.1 Å². The Morgan fingerprint density at radius 3 is 2.54 bits per heavy atom. The van der Waals surface area contributed by atoms with Crippen molar-refractivity contribution in [3.63, 3.8) is 0 Å². The highest BCUT2D eigenvalue weighted by molar-refractivity contribution is 14.0. The molecule has 0 heterocycles. The van der Waals surface area contributed by atoms with E-state index in [4.69, 9.17) is 14.2 Å². The van der Waals surface area contributed by atoms with E-state index in [1.165, 1.54) is 32.1 Å². The first-order chi connectivity index (χ1) is 13.2.